The van der Waals surface area contributed by atoms with Crippen molar-refractivity contribution in [2.24, 2.45) is 5.92 Å². The largest absolute Gasteiger partial charge is 0.493 e. The molecule has 1 atom stereocenters. The van der Waals surface area contributed by atoms with E-state index in [4.69, 9.17) is 14.7 Å². The summed E-state index contributed by atoms with van der Waals surface area (Å²) in [4.78, 5) is 11.6. The fourth-order valence-corrected chi connectivity index (χ4v) is 1.69. The molecule has 0 radical (unpaired) electrons. The van der Waals surface area contributed by atoms with E-state index in [1.54, 1.807) is 21.1 Å². The van der Waals surface area contributed by atoms with Crippen molar-refractivity contribution in [3.8, 4) is 17.6 Å². The number of carbonyl (C=O) groups is 1. The molecule has 20 heavy (non-hydrogen) atoms. The Morgan fingerprint density at radius 3 is 2.65 bits per heavy atom. The van der Waals surface area contributed by atoms with E-state index in [1.807, 2.05) is 18.2 Å². The average molecular weight is 276 g/mol. The predicted molar refractivity (Wildman–Crippen MR) is 75.7 cm³/mol. The van der Waals surface area contributed by atoms with Crippen molar-refractivity contribution in [3.63, 3.8) is 0 Å². The minimum absolute atomic E-state index is 0.0538. The number of amides is 1. The molecule has 0 saturated carbocycles. The average Bonchev–Trinajstić information content (AvgIpc) is 2.49. The van der Waals surface area contributed by atoms with E-state index in [0.717, 1.165) is 5.56 Å². The third kappa shape index (κ3) is 4.81. The highest BCUT2D eigenvalue weighted by molar-refractivity contribution is 5.76. The summed E-state index contributed by atoms with van der Waals surface area (Å²) < 4.78 is 10.4. The molecule has 1 unspecified atom stereocenters. The Kier molecular flexibility index (Phi) is 6.38. The van der Waals surface area contributed by atoms with Gasteiger partial charge >= 0.3 is 0 Å². The highest BCUT2D eigenvalue weighted by atomic mass is 16.5. The van der Waals surface area contributed by atoms with Gasteiger partial charge in [-0.3, -0.25) is 4.79 Å². The molecule has 0 aliphatic carbocycles. The summed E-state index contributed by atoms with van der Waals surface area (Å²) >= 11 is 0. The first-order valence-corrected chi connectivity index (χ1v) is 6.48. The molecule has 0 heterocycles. The molecule has 1 rings (SSSR count). The number of nitriles is 1. The van der Waals surface area contributed by atoms with Crippen LogP contribution in [0.5, 0.6) is 11.5 Å². The van der Waals surface area contributed by atoms with E-state index in [0.29, 0.717) is 30.9 Å². The van der Waals surface area contributed by atoms with Crippen molar-refractivity contribution in [2.45, 2.75) is 19.8 Å². The van der Waals surface area contributed by atoms with E-state index in [1.165, 1.54) is 0 Å². The van der Waals surface area contributed by atoms with Gasteiger partial charge in [0, 0.05) is 13.0 Å². The van der Waals surface area contributed by atoms with Crippen molar-refractivity contribution in [2.75, 3.05) is 20.8 Å². The van der Waals surface area contributed by atoms with Gasteiger partial charge in [-0.05, 0) is 31.0 Å². The molecule has 1 aromatic rings. The lowest BCUT2D eigenvalue weighted by molar-refractivity contribution is -0.121. The van der Waals surface area contributed by atoms with Crippen LogP contribution in [-0.4, -0.2) is 26.7 Å². The first-order valence-electron chi connectivity index (χ1n) is 6.48. The standard InChI is InChI=1S/C15H20N2O3/c1-11(9-16)10-17-15(18)7-5-12-4-6-13(19-2)14(8-12)20-3/h4,6,8,11H,5,7,10H2,1-3H3,(H,17,18). The lowest BCUT2D eigenvalue weighted by atomic mass is 10.1. The van der Waals surface area contributed by atoms with Gasteiger partial charge in [-0.2, -0.15) is 5.26 Å². The zero-order chi connectivity index (χ0) is 15.0. The van der Waals surface area contributed by atoms with Gasteiger partial charge in [-0.1, -0.05) is 6.07 Å². The number of carbonyl (C=O) groups excluding carboxylic acids is 1. The van der Waals surface area contributed by atoms with Crippen LogP contribution in [0, 0.1) is 17.2 Å². The van der Waals surface area contributed by atoms with Gasteiger partial charge in [-0.15, -0.1) is 0 Å². The Morgan fingerprint density at radius 1 is 1.35 bits per heavy atom. The Labute approximate surface area is 119 Å². The number of rotatable bonds is 7. The topological polar surface area (TPSA) is 71.3 Å². The molecule has 0 fully saturated rings. The molecule has 108 valence electrons. The number of benzene rings is 1. The van der Waals surface area contributed by atoms with Gasteiger partial charge in [0.25, 0.3) is 0 Å². The summed E-state index contributed by atoms with van der Waals surface area (Å²) in [5, 5.41) is 11.4. The molecule has 5 heteroatoms. The molecule has 1 aromatic carbocycles. The summed E-state index contributed by atoms with van der Waals surface area (Å²) in [5.41, 5.74) is 1.01. The number of ether oxygens (including phenoxy) is 2. The molecular weight excluding hydrogens is 256 g/mol. The molecule has 0 aliphatic heterocycles. The summed E-state index contributed by atoms with van der Waals surface area (Å²) in [6.07, 6.45) is 1.00. The van der Waals surface area contributed by atoms with E-state index in [-0.39, 0.29) is 11.8 Å². The second kappa shape index (κ2) is 8.05. The minimum Gasteiger partial charge on any atom is -0.493 e. The molecule has 0 bridgehead atoms. The van der Waals surface area contributed by atoms with Gasteiger partial charge in [0.1, 0.15) is 0 Å². The van der Waals surface area contributed by atoms with Crippen LogP contribution in [0.25, 0.3) is 0 Å². The number of nitrogens with zero attached hydrogens (tertiary/aromatic N) is 1. The van der Waals surface area contributed by atoms with Crippen LogP contribution >= 0.6 is 0 Å². The highest BCUT2D eigenvalue weighted by Gasteiger charge is 2.08. The smallest absolute Gasteiger partial charge is 0.220 e. The van der Waals surface area contributed by atoms with E-state index in [9.17, 15) is 4.79 Å². The molecule has 0 saturated heterocycles. The molecule has 1 N–H and O–H groups in total. The quantitative estimate of drug-likeness (QED) is 0.825. The predicted octanol–water partition coefficient (Wildman–Crippen LogP) is 1.91. The monoisotopic (exact) mass is 276 g/mol. The minimum atomic E-state index is -0.167. The zero-order valence-electron chi connectivity index (χ0n) is 12.1. The van der Waals surface area contributed by atoms with Crippen molar-refractivity contribution >= 4 is 5.91 Å². The SMILES string of the molecule is COc1ccc(CCC(=O)NCC(C)C#N)cc1OC. The van der Waals surface area contributed by atoms with E-state index in [2.05, 4.69) is 11.4 Å². The van der Waals surface area contributed by atoms with Crippen LogP contribution in [0.15, 0.2) is 18.2 Å². The van der Waals surface area contributed by atoms with E-state index >= 15 is 0 Å². The maximum absolute atomic E-state index is 11.6. The Hall–Kier alpha value is -2.22. The normalized spacial score (nSPS) is 11.3. The molecule has 0 aromatic heterocycles. The van der Waals surface area contributed by atoms with Crippen molar-refractivity contribution < 1.29 is 14.3 Å². The van der Waals surface area contributed by atoms with Crippen LogP contribution in [0.3, 0.4) is 0 Å². The maximum Gasteiger partial charge on any atom is 0.220 e. The fraction of sp³-hybridized carbons (Fsp3) is 0.467. The lowest BCUT2D eigenvalue weighted by Gasteiger charge is -2.10. The Bertz CT molecular complexity index is 494. The fourth-order valence-electron chi connectivity index (χ4n) is 1.69. The molecule has 5 nitrogen and oxygen atoms in total. The number of hydrogen-bond acceptors (Lipinski definition) is 4. The summed E-state index contributed by atoms with van der Waals surface area (Å²) in [7, 11) is 3.17. The molecule has 0 spiro atoms. The van der Waals surface area contributed by atoms with Crippen LogP contribution in [0.4, 0.5) is 0 Å². The summed E-state index contributed by atoms with van der Waals surface area (Å²) in [6.45, 7) is 2.16. The van der Waals surface area contributed by atoms with E-state index < -0.39 is 0 Å². The second-order valence-corrected chi connectivity index (χ2v) is 4.52. The maximum atomic E-state index is 11.6. The van der Waals surface area contributed by atoms with Gasteiger partial charge in [0.2, 0.25) is 5.91 Å². The third-order valence-corrected chi connectivity index (χ3v) is 2.91. The van der Waals surface area contributed by atoms with Crippen molar-refractivity contribution in [1.29, 1.82) is 5.26 Å². The molecule has 0 aliphatic rings. The number of aryl methyl sites for hydroxylation is 1. The summed E-state index contributed by atoms with van der Waals surface area (Å²) in [5.74, 6) is 1.11. The van der Waals surface area contributed by atoms with Crippen LogP contribution in [-0.2, 0) is 11.2 Å². The number of nitrogens with one attached hydrogen (secondary N) is 1. The third-order valence-electron chi connectivity index (χ3n) is 2.91. The lowest BCUT2D eigenvalue weighted by Crippen LogP contribution is -2.27. The molecular formula is C15H20N2O3. The van der Waals surface area contributed by atoms with Crippen molar-refractivity contribution in [3.05, 3.63) is 23.8 Å². The van der Waals surface area contributed by atoms with Crippen molar-refractivity contribution in [1.82, 2.24) is 5.32 Å². The first-order chi connectivity index (χ1) is 9.60. The second-order valence-electron chi connectivity index (χ2n) is 4.52. The van der Waals surface area contributed by atoms with Crippen LogP contribution in [0.2, 0.25) is 0 Å². The van der Waals surface area contributed by atoms with Gasteiger partial charge in [0.05, 0.1) is 26.2 Å². The Balaban J connectivity index is 2.49. The number of hydrogen-bond donors (Lipinski definition) is 1. The number of methoxy groups -OCH3 is 2. The van der Waals surface area contributed by atoms with Gasteiger partial charge in [-0.25, -0.2) is 0 Å². The summed E-state index contributed by atoms with van der Waals surface area (Å²) in [6, 6.07) is 7.67. The van der Waals surface area contributed by atoms with Gasteiger partial charge in [0.15, 0.2) is 11.5 Å². The first kappa shape index (κ1) is 15.8. The van der Waals surface area contributed by atoms with Crippen LogP contribution < -0.4 is 14.8 Å². The highest BCUT2D eigenvalue weighted by Crippen LogP contribution is 2.27. The van der Waals surface area contributed by atoms with Crippen LogP contribution in [0.1, 0.15) is 18.9 Å². The Morgan fingerprint density at radius 2 is 2.05 bits per heavy atom. The molecule has 1 amide bonds. The van der Waals surface area contributed by atoms with Gasteiger partial charge < -0.3 is 14.8 Å². The zero-order valence-corrected chi connectivity index (χ0v) is 12.1.